The third-order valence-electron chi connectivity index (χ3n) is 3.95. The molecule has 0 saturated carbocycles. The summed E-state index contributed by atoms with van der Waals surface area (Å²) in [5.74, 6) is 1.63. The second-order valence-electron chi connectivity index (χ2n) is 6.48. The van der Waals surface area contributed by atoms with Crippen molar-refractivity contribution in [2.24, 2.45) is 5.92 Å². The van der Waals surface area contributed by atoms with Gasteiger partial charge in [-0.25, -0.2) is 0 Å². The van der Waals surface area contributed by atoms with Gasteiger partial charge in [0, 0.05) is 12.5 Å². The van der Waals surface area contributed by atoms with E-state index in [4.69, 9.17) is 9.47 Å². The van der Waals surface area contributed by atoms with Crippen LogP contribution in [0.1, 0.15) is 19.4 Å². The SMILES string of the molecule is COc1ccc(CCNC(=O)CSc2ccc(NC(=O)C(C)C)nn2)cc1OC. The minimum absolute atomic E-state index is 0.0885. The Morgan fingerprint density at radius 1 is 1.07 bits per heavy atom. The summed E-state index contributed by atoms with van der Waals surface area (Å²) in [4.78, 5) is 23.7. The van der Waals surface area contributed by atoms with E-state index in [9.17, 15) is 9.59 Å². The van der Waals surface area contributed by atoms with Crippen molar-refractivity contribution in [3.63, 3.8) is 0 Å². The molecule has 0 radical (unpaired) electrons. The summed E-state index contributed by atoms with van der Waals surface area (Å²) in [6.07, 6.45) is 0.681. The number of ether oxygens (including phenoxy) is 2. The number of methoxy groups -OCH3 is 2. The van der Waals surface area contributed by atoms with E-state index in [1.807, 2.05) is 18.2 Å². The molecule has 0 spiro atoms. The van der Waals surface area contributed by atoms with Crippen molar-refractivity contribution in [1.82, 2.24) is 15.5 Å². The van der Waals surface area contributed by atoms with E-state index in [-0.39, 0.29) is 23.5 Å². The standard InChI is InChI=1S/C20H26N4O4S/c1-13(2)20(26)22-17-7-8-19(24-23-17)29-12-18(25)21-10-9-14-5-6-15(27-3)16(11-14)28-4/h5-8,11,13H,9-10,12H2,1-4H3,(H,21,25)(H,22,23,26). The maximum absolute atomic E-state index is 12.0. The Balaban J connectivity index is 1.74. The average Bonchev–Trinajstić information content (AvgIpc) is 2.73. The van der Waals surface area contributed by atoms with Gasteiger partial charge in [-0.3, -0.25) is 9.59 Å². The van der Waals surface area contributed by atoms with Crippen LogP contribution in [0.25, 0.3) is 0 Å². The van der Waals surface area contributed by atoms with Crippen LogP contribution in [0.15, 0.2) is 35.4 Å². The van der Waals surface area contributed by atoms with Gasteiger partial charge in [0.1, 0.15) is 5.03 Å². The highest BCUT2D eigenvalue weighted by Gasteiger charge is 2.09. The van der Waals surface area contributed by atoms with Gasteiger partial charge in [-0.15, -0.1) is 10.2 Å². The zero-order valence-corrected chi connectivity index (χ0v) is 17.8. The molecule has 156 valence electrons. The molecule has 8 nitrogen and oxygen atoms in total. The monoisotopic (exact) mass is 418 g/mol. The van der Waals surface area contributed by atoms with Gasteiger partial charge in [-0.1, -0.05) is 31.7 Å². The number of aromatic nitrogens is 2. The molecule has 0 aliphatic carbocycles. The number of hydrogen-bond acceptors (Lipinski definition) is 7. The lowest BCUT2D eigenvalue weighted by Gasteiger charge is -2.10. The number of nitrogens with one attached hydrogen (secondary N) is 2. The van der Waals surface area contributed by atoms with Gasteiger partial charge in [-0.05, 0) is 36.2 Å². The van der Waals surface area contributed by atoms with Gasteiger partial charge in [0.2, 0.25) is 11.8 Å². The Bertz CT molecular complexity index is 828. The van der Waals surface area contributed by atoms with Crippen LogP contribution in [-0.4, -0.2) is 48.5 Å². The lowest BCUT2D eigenvalue weighted by Crippen LogP contribution is -2.27. The maximum atomic E-state index is 12.0. The van der Waals surface area contributed by atoms with Crippen molar-refractivity contribution in [1.29, 1.82) is 0 Å². The molecule has 0 fully saturated rings. The summed E-state index contributed by atoms with van der Waals surface area (Å²) >= 11 is 1.28. The van der Waals surface area contributed by atoms with Crippen molar-refractivity contribution < 1.29 is 19.1 Å². The molecule has 29 heavy (non-hydrogen) atoms. The number of anilines is 1. The molecule has 0 bridgehead atoms. The molecule has 1 aromatic carbocycles. The predicted molar refractivity (Wildman–Crippen MR) is 112 cm³/mol. The molecule has 2 N–H and O–H groups in total. The molecule has 0 aliphatic rings. The van der Waals surface area contributed by atoms with E-state index in [2.05, 4.69) is 20.8 Å². The highest BCUT2D eigenvalue weighted by Crippen LogP contribution is 2.27. The first-order chi connectivity index (χ1) is 13.9. The summed E-state index contributed by atoms with van der Waals surface area (Å²) in [5.41, 5.74) is 1.04. The molecule has 1 heterocycles. The van der Waals surface area contributed by atoms with Gasteiger partial charge in [0.25, 0.3) is 0 Å². The Kier molecular flexibility index (Phi) is 8.72. The lowest BCUT2D eigenvalue weighted by molar-refractivity contribution is -0.119. The first-order valence-electron chi connectivity index (χ1n) is 9.18. The molecule has 2 rings (SSSR count). The normalized spacial score (nSPS) is 10.5. The Labute approximate surface area is 174 Å². The number of carbonyl (C=O) groups is 2. The zero-order chi connectivity index (χ0) is 21.2. The van der Waals surface area contributed by atoms with Crippen LogP contribution >= 0.6 is 11.8 Å². The number of rotatable bonds is 10. The second kappa shape index (κ2) is 11.3. The topological polar surface area (TPSA) is 102 Å². The fourth-order valence-electron chi connectivity index (χ4n) is 2.31. The maximum Gasteiger partial charge on any atom is 0.230 e. The molecule has 0 aliphatic heterocycles. The van der Waals surface area contributed by atoms with Crippen LogP contribution in [0.4, 0.5) is 5.82 Å². The fraction of sp³-hybridized carbons (Fsp3) is 0.400. The van der Waals surface area contributed by atoms with Crippen LogP contribution in [0, 0.1) is 5.92 Å². The lowest BCUT2D eigenvalue weighted by atomic mass is 10.1. The van der Waals surface area contributed by atoms with Gasteiger partial charge < -0.3 is 20.1 Å². The molecule has 0 atom stereocenters. The summed E-state index contributed by atoms with van der Waals surface area (Å²) in [5, 5.41) is 14.1. The van der Waals surface area contributed by atoms with Crippen LogP contribution in [0.2, 0.25) is 0 Å². The number of hydrogen-bond donors (Lipinski definition) is 2. The first-order valence-corrected chi connectivity index (χ1v) is 10.2. The van der Waals surface area contributed by atoms with Crippen LogP contribution in [0.5, 0.6) is 11.5 Å². The summed E-state index contributed by atoms with van der Waals surface area (Å²) in [6, 6.07) is 9.08. The minimum Gasteiger partial charge on any atom is -0.493 e. The molecule has 9 heteroatoms. The zero-order valence-electron chi connectivity index (χ0n) is 17.0. The number of thioether (sulfide) groups is 1. The fourth-order valence-corrected chi connectivity index (χ4v) is 2.95. The van der Waals surface area contributed by atoms with Gasteiger partial charge >= 0.3 is 0 Å². The number of benzene rings is 1. The smallest absolute Gasteiger partial charge is 0.230 e. The van der Waals surface area contributed by atoms with Crippen molar-refractivity contribution >= 4 is 29.4 Å². The third-order valence-corrected chi connectivity index (χ3v) is 4.87. The number of nitrogens with zero attached hydrogens (tertiary/aromatic N) is 2. The average molecular weight is 419 g/mol. The third kappa shape index (κ3) is 7.26. The Hall–Kier alpha value is -2.81. The highest BCUT2D eigenvalue weighted by atomic mass is 32.2. The molecule has 2 aromatic rings. The van der Waals surface area contributed by atoms with E-state index in [1.165, 1.54) is 11.8 Å². The summed E-state index contributed by atoms with van der Waals surface area (Å²) < 4.78 is 10.5. The van der Waals surface area contributed by atoms with E-state index < -0.39 is 0 Å². The number of carbonyl (C=O) groups excluding carboxylic acids is 2. The van der Waals surface area contributed by atoms with E-state index in [1.54, 1.807) is 40.2 Å². The summed E-state index contributed by atoms with van der Waals surface area (Å²) in [6.45, 7) is 4.12. The predicted octanol–water partition coefficient (Wildman–Crippen LogP) is 2.54. The molecular formula is C20H26N4O4S. The van der Waals surface area contributed by atoms with Gasteiger partial charge in [0.15, 0.2) is 17.3 Å². The largest absolute Gasteiger partial charge is 0.493 e. The van der Waals surface area contributed by atoms with Crippen molar-refractivity contribution in [2.45, 2.75) is 25.3 Å². The Morgan fingerprint density at radius 2 is 1.83 bits per heavy atom. The van der Waals surface area contributed by atoms with E-state index >= 15 is 0 Å². The summed E-state index contributed by atoms with van der Waals surface area (Å²) in [7, 11) is 3.18. The van der Waals surface area contributed by atoms with Crippen LogP contribution in [-0.2, 0) is 16.0 Å². The van der Waals surface area contributed by atoms with Crippen molar-refractivity contribution in [3.8, 4) is 11.5 Å². The molecule has 0 unspecified atom stereocenters. The Morgan fingerprint density at radius 3 is 2.45 bits per heavy atom. The molecule has 0 saturated heterocycles. The quantitative estimate of drug-likeness (QED) is 0.572. The van der Waals surface area contributed by atoms with Gasteiger partial charge in [-0.2, -0.15) is 0 Å². The number of amides is 2. The van der Waals surface area contributed by atoms with Crippen LogP contribution in [0.3, 0.4) is 0 Å². The van der Waals surface area contributed by atoms with Crippen molar-refractivity contribution in [3.05, 3.63) is 35.9 Å². The first kappa shape index (κ1) is 22.5. The van der Waals surface area contributed by atoms with E-state index in [0.29, 0.717) is 35.3 Å². The minimum atomic E-state index is -0.131. The molecule has 2 amide bonds. The highest BCUT2D eigenvalue weighted by molar-refractivity contribution is 7.99. The van der Waals surface area contributed by atoms with Gasteiger partial charge in [0.05, 0.1) is 20.0 Å². The molecular weight excluding hydrogens is 392 g/mol. The molecule has 1 aromatic heterocycles. The second-order valence-corrected chi connectivity index (χ2v) is 7.47. The van der Waals surface area contributed by atoms with Crippen molar-refractivity contribution in [2.75, 3.05) is 31.8 Å². The van der Waals surface area contributed by atoms with E-state index in [0.717, 1.165) is 5.56 Å². The van der Waals surface area contributed by atoms with Crippen LogP contribution < -0.4 is 20.1 Å².